The first kappa shape index (κ1) is 24.3. The van der Waals surface area contributed by atoms with Gasteiger partial charge in [-0.2, -0.15) is 10.2 Å². The van der Waals surface area contributed by atoms with E-state index in [4.69, 9.17) is 18.9 Å². The van der Waals surface area contributed by atoms with Crippen molar-refractivity contribution >= 4 is 17.5 Å². The molecule has 35 heavy (non-hydrogen) atoms. The Balaban J connectivity index is 1.43. The summed E-state index contributed by atoms with van der Waals surface area (Å²) in [5.41, 5.74) is 0.503. The fourth-order valence-corrected chi connectivity index (χ4v) is 3.55. The largest absolute Gasteiger partial charge is 0.493 e. The Kier molecular flexibility index (Phi) is 8.69. The van der Waals surface area contributed by atoms with Crippen molar-refractivity contribution in [1.82, 2.24) is 14.9 Å². The van der Waals surface area contributed by atoms with Crippen molar-refractivity contribution in [2.45, 2.75) is 12.8 Å². The van der Waals surface area contributed by atoms with Crippen LogP contribution < -0.4 is 24.8 Å². The number of hydrogen-bond acceptors (Lipinski definition) is 9. The summed E-state index contributed by atoms with van der Waals surface area (Å²) < 4.78 is 22.7. The van der Waals surface area contributed by atoms with Gasteiger partial charge < -0.3 is 24.3 Å². The van der Waals surface area contributed by atoms with Gasteiger partial charge in [0.1, 0.15) is 24.2 Å². The molecule has 2 bridgehead atoms. The lowest BCUT2D eigenvalue weighted by molar-refractivity contribution is 0.0358. The molecule has 11 nitrogen and oxygen atoms in total. The van der Waals surface area contributed by atoms with Crippen LogP contribution in [0.15, 0.2) is 36.5 Å². The molecule has 2 aromatic rings. The van der Waals surface area contributed by atoms with Crippen LogP contribution in [0.4, 0.5) is 16.3 Å². The molecule has 1 aromatic heterocycles. The zero-order valence-electron chi connectivity index (χ0n) is 19.4. The first-order chi connectivity index (χ1) is 17.2. The molecule has 0 radical (unpaired) electrons. The molecule has 1 saturated heterocycles. The third-order valence-electron chi connectivity index (χ3n) is 5.30. The van der Waals surface area contributed by atoms with E-state index < -0.39 is 6.03 Å². The number of carbonyl (C=O) groups excluding carboxylic acids is 1. The molecule has 184 valence electrons. The highest BCUT2D eigenvalue weighted by atomic mass is 16.5. The molecule has 2 amide bonds. The topological polar surface area (TPSA) is 131 Å². The monoisotopic (exact) mass is 480 g/mol. The molecule has 3 heterocycles. The van der Waals surface area contributed by atoms with E-state index >= 15 is 0 Å². The molecular formula is C24H28N6O5. The van der Waals surface area contributed by atoms with Crippen LogP contribution in [0.2, 0.25) is 0 Å². The molecule has 0 unspecified atom stereocenters. The fraction of sp³-hybridized carbons (Fsp3) is 0.417. The summed E-state index contributed by atoms with van der Waals surface area (Å²) >= 11 is 0. The molecule has 11 heteroatoms. The van der Waals surface area contributed by atoms with Gasteiger partial charge in [-0.15, -0.1) is 0 Å². The number of anilines is 2. The van der Waals surface area contributed by atoms with Crippen LogP contribution in [-0.2, 0) is 4.74 Å². The Morgan fingerprint density at radius 3 is 2.89 bits per heavy atom. The number of hydrogen-bond donors (Lipinski definition) is 2. The van der Waals surface area contributed by atoms with Crippen molar-refractivity contribution in [3.05, 3.63) is 42.2 Å². The van der Waals surface area contributed by atoms with Crippen molar-refractivity contribution < 1.29 is 23.7 Å². The zero-order chi connectivity index (χ0) is 24.3. The molecule has 0 spiro atoms. The molecule has 2 N–H and O–H groups in total. The number of amides is 2. The molecule has 0 atom stereocenters. The lowest BCUT2D eigenvalue weighted by Crippen LogP contribution is -2.37. The van der Waals surface area contributed by atoms with Crippen LogP contribution in [0, 0.1) is 11.3 Å². The number of nitrogens with one attached hydrogen (secondary N) is 2. The summed E-state index contributed by atoms with van der Waals surface area (Å²) in [6.45, 7) is 5.55. The van der Waals surface area contributed by atoms with Crippen LogP contribution in [0.5, 0.6) is 17.4 Å². The Morgan fingerprint density at radius 2 is 2.03 bits per heavy atom. The Labute approximate surface area is 203 Å². The van der Waals surface area contributed by atoms with Crippen LogP contribution in [-0.4, -0.2) is 73.6 Å². The maximum Gasteiger partial charge on any atom is 0.325 e. The molecular weight excluding hydrogens is 452 g/mol. The van der Waals surface area contributed by atoms with Crippen molar-refractivity contribution in [3.8, 4) is 23.4 Å². The van der Waals surface area contributed by atoms with Crippen molar-refractivity contribution in [3.63, 3.8) is 0 Å². The number of morpholine rings is 1. The number of carbonyl (C=O) groups is 1. The van der Waals surface area contributed by atoms with Gasteiger partial charge in [-0.1, -0.05) is 12.2 Å². The lowest BCUT2D eigenvalue weighted by Gasteiger charge is -2.26. The average molecular weight is 481 g/mol. The van der Waals surface area contributed by atoms with Crippen LogP contribution >= 0.6 is 0 Å². The van der Waals surface area contributed by atoms with Gasteiger partial charge in [0.05, 0.1) is 38.3 Å². The number of rotatable bonds is 5. The number of nitriles is 1. The van der Waals surface area contributed by atoms with Gasteiger partial charge in [-0.25, -0.2) is 9.78 Å². The van der Waals surface area contributed by atoms with E-state index in [0.29, 0.717) is 43.4 Å². The van der Waals surface area contributed by atoms with Crippen LogP contribution in [0.1, 0.15) is 18.5 Å². The first-order valence-corrected chi connectivity index (χ1v) is 11.5. The summed E-state index contributed by atoms with van der Waals surface area (Å²) in [5, 5.41) is 14.6. The van der Waals surface area contributed by atoms with Crippen LogP contribution in [0.25, 0.3) is 0 Å². The quantitative estimate of drug-likeness (QED) is 0.490. The molecule has 0 saturated carbocycles. The maximum absolute atomic E-state index is 12.7. The standard InChI is InChI=1S/C24H28N6O5/c25-16-20-23-28-22(17-26-20)29-24(31)27-19-15-18(33-12-4-7-30-8-13-32-14-9-30)5-6-21(19)34-10-2-1-3-11-35-23/h1-2,5-6,15,17H,3-4,7-14H2,(H2,27,28,29,31)/b2-1+. The minimum atomic E-state index is -0.547. The maximum atomic E-state index is 12.7. The third kappa shape index (κ3) is 7.30. The molecule has 2 aliphatic rings. The molecule has 1 fully saturated rings. The van der Waals surface area contributed by atoms with E-state index in [-0.39, 0.29) is 17.4 Å². The van der Waals surface area contributed by atoms with E-state index in [1.54, 1.807) is 12.1 Å². The van der Waals surface area contributed by atoms with Gasteiger partial charge in [0, 0.05) is 25.7 Å². The minimum Gasteiger partial charge on any atom is -0.493 e. The number of fused-ring (bicyclic) bond motifs is 3. The van der Waals surface area contributed by atoms with E-state index in [0.717, 1.165) is 39.3 Å². The molecule has 1 aromatic carbocycles. The predicted molar refractivity (Wildman–Crippen MR) is 128 cm³/mol. The van der Waals surface area contributed by atoms with Gasteiger partial charge in [0.15, 0.2) is 5.82 Å². The Bertz CT molecular complexity index is 1080. The van der Waals surface area contributed by atoms with Crippen molar-refractivity contribution in [2.24, 2.45) is 0 Å². The van der Waals surface area contributed by atoms with Gasteiger partial charge in [-0.05, 0) is 25.0 Å². The zero-order valence-corrected chi connectivity index (χ0v) is 19.4. The number of ether oxygens (including phenoxy) is 4. The third-order valence-corrected chi connectivity index (χ3v) is 5.30. The fourth-order valence-electron chi connectivity index (χ4n) is 3.55. The summed E-state index contributed by atoms with van der Waals surface area (Å²) in [4.78, 5) is 23.2. The van der Waals surface area contributed by atoms with Gasteiger partial charge in [0.2, 0.25) is 5.69 Å². The second kappa shape index (κ2) is 12.5. The normalized spacial score (nSPS) is 17.6. The number of aromatic nitrogens is 2. The van der Waals surface area contributed by atoms with Crippen molar-refractivity contribution in [2.75, 3.05) is 63.3 Å². The molecule has 2 aliphatic heterocycles. The number of nitrogens with zero attached hydrogens (tertiary/aromatic N) is 4. The van der Waals surface area contributed by atoms with Crippen molar-refractivity contribution in [1.29, 1.82) is 5.26 Å². The van der Waals surface area contributed by atoms with Gasteiger partial charge in [-0.3, -0.25) is 10.2 Å². The summed E-state index contributed by atoms with van der Waals surface area (Å²) in [5.74, 6) is 1.35. The smallest absolute Gasteiger partial charge is 0.325 e. The molecule has 4 rings (SSSR count). The highest BCUT2D eigenvalue weighted by Crippen LogP contribution is 2.30. The minimum absolute atomic E-state index is 0.0494. The summed E-state index contributed by atoms with van der Waals surface area (Å²) in [6, 6.07) is 6.70. The average Bonchev–Trinajstić information content (AvgIpc) is 2.87. The highest BCUT2D eigenvalue weighted by molar-refractivity contribution is 6.00. The van der Waals surface area contributed by atoms with Gasteiger partial charge in [0.25, 0.3) is 5.88 Å². The van der Waals surface area contributed by atoms with E-state index in [2.05, 4.69) is 25.5 Å². The number of benzene rings is 1. The predicted octanol–water partition coefficient (Wildman–Crippen LogP) is 2.81. The SMILES string of the molecule is N#Cc1ncc2nc1OCC/C=C/COc1ccc(OCCCN3CCOCC3)cc1NC(=O)N2. The lowest BCUT2D eigenvalue weighted by atomic mass is 10.2. The second-order valence-electron chi connectivity index (χ2n) is 7.83. The highest BCUT2D eigenvalue weighted by Gasteiger charge is 2.14. The van der Waals surface area contributed by atoms with E-state index in [1.807, 2.05) is 24.3 Å². The Morgan fingerprint density at radius 1 is 1.14 bits per heavy atom. The second-order valence-corrected chi connectivity index (χ2v) is 7.83. The first-order valence-electron chi connectivity index (χ1n) is 11.5. The van der Waals surface area contributed by atoms with Crippen LogP contribution in [0.3, 0.4) is 0 Å². The van der Waals surface area contributed by atoms with E-state index in [1.165, 1.54) is 6.20 Å². The van der Waals surface area contributed by atoms with E-state index in [9.17, 15) is 10.1 Å². The van der Waals surface area contributed by atoms with Gasteiger partial charge >= 0.3 is 6.03 Å². The summed E-state index contributed by atoms with van der Waals surface area (Å²) in [7, 11) is 0. The molecule has 0 aliphatic carbocycles. The summed E-state index contributed by atoms with van der Waals surface area (Å²) in [6.07, 6.45) is 6.54. The Hall–Kier alpha value is -3.88. The number of urea groups is 1.